The lowest BCUT2D eigenvalue weighted by atomic mass is 10.2. The van der Waals surface area contributed by atoms with Gasteiger partial charge >= 0.3 is 11.9 Å². The van der Waals surface area contributed by atoms with Gasteiger partial charge in [0.15, 0.2) is 17.1 Å². The lowest BCUT2D eigenvalue weighted by molar-refractivity contribution is 0.0515. The molecule has 0 aliphatic heterocycles. The zero-order chi connectivity index (χ0) is 27.2. The van der Waals surface area contributed by atoms with Crippen molar-refractivity contribution in [3.63, 3.8) is 0 Å². The van der Waals surface area contributed by atoms with Crippen molar-refractivity contribution in [1.82, 2.24) is 29.2 Å². The van der Waals surface area contributed by atoms with E-state index in [2.05, 4.69) is 25.5 Å². The highest BCUT2D eigenvalue weighted by atomic mass is 19.1. The summed E-state index contributed by atoms with van der Waals surface area (Å²) < 4.78 is 25.8. The number of anilines is 2. The van der Waals surface area contributed by atoms with Gasteiger partial charge in [0.1, 0.15) is 16.9 Å². The lowest BCUT2D eigenvalue weighted by Crippen LogP contribution is -2.24. The quantitative estimate of drug-likeness (QED) is 0.322. The minimum Gasteiger partial charge on any atom is -0.462 e. The molecule has 0 saturated carbocycles. The molecule has 0 saturated heterocycles. The third-order valence-corrected chi connectivity index (χ3v) is 5.27. The number of nitrogens with zero attached hydrogens (tertiary/aromatic N) is 5. The first-order valence-electron chi connectivity index (χ1n) is 11.6. The van der Waals surface area contributed by atoms with Crippen LogP contribution in [-0.2, 0) is 9.47 Å². The van der Waals surface area contributed by atoms with Crippen LogP contribution in [0.15, 0.2) is 59.9 Å². The third-order valence-electron chi connectivity index (χ3n) is 5.27. The molecule has 0 radical (unpaired) electrons. The van der Waals surface area contributed by atoms with Crippen molar-refractivity contribution in [3.8, 4) is 0 Å². The Labute approximate surface area is 215 Å². The molecule has 0 aliphatic carbocycles. The average molecular weight is 522 g/mol. The van der Waals surface area contributed by atoms with Gasteiger partial charge in [0.05, 0.1) is 19.4 Å². The number of carbonyl (C=O) groups is 2. The van der Waals surface area contributed by atoms with Crippen molar-refractivity contribution in [2.24, 2.45) is 0 Å². The van der Waals surface area contributed by atoms with Crippen LogP contribution in [0.25, 0.3) is 11.3 Å². The maximum absolute atomic E-state index is 13.3. The Morgan fingerprint density at radius 2 is 1.68 bits per heavy atom. The number of rotatable bonds is 6. The van der Waals surface area contributed by atoms with Crippen LogP contribution in [0, 0.1) is 12.7 Å². The monoisotopic (exact) mass is 521 g/mol. The smallest absolute Gasteiger partial charge is 0.345 e. The van der Waals surface area contributed by atoms with Gasteiger partial charge in [0.2, 0.25) is 0 Å². The molecule has 196 valence electrons. The summed E-state index contributed by atoms with van der Waals surface area (Å²) in [4.78, 5) is 43.3. The van der Waals surface area contributed by atoms with E-state index >= 15 is 0 Å². The molecular weight excluding hydrogens is 497 g/mol. The van der Waals surface area contributed by atoms with Gasteiger partial charge < -0.3 is 14.8 Å². The normalized spacial score (nSPS) is 10.6. The Morgan fingerprint density at radius 1 is 1.00 bits per heavy atom. The second-order valence-corrected chi connectivity index (χ2v) is 7.78. The van der Waals surface area contributed by atoms with E-state index in [1.165, 1.54) is 33.6 Å². The molecule has 2 N–H and O–H groups in total. The molecule has 4 aromatic heterocycles. The number of nitrogens with one attached hydrogen (secondary N) is 2. The maximum atomic E-state index is 13.3. The van der Waals surface area contributed by atoms with E-state index in [1.54, 1.807) is 51.4 Å². The highest BCUT2D eigenvalue weighted by molar-refractivity contribution is 5.95. The Morgan fingerprint density at radius 3 is 2.39 bits per heavy atom. The summed E-state index contributed by atoms with van der Waals surface area (Å²) in [6, 6.07) is 7.72. The van der Waals surface area contributed by atoms with Crippen molar-refractivity contribution in [2.75, 3.05) is 18.5 Å². The molecule has 0 fully saturated rings. The first kappa shape index (κ1) is 26.0. The number of hydrogen-bond donors (Lipinski definition) is 2. The summed E-state index contributed by atoms with van der Waals surface area (Å²) in [6.45, 7) is 5.67. The summed E-state index contributed by atoms with van der Waals surface area (Å²) in [5.41, 5.74) is 2.15. The van der Waals surface area contributed by atoms with Crippen molar-refractivity contribution in [3.05, 3.63) is 88.0 Å². The van der Waals surface area contributed by atoms with Crippen LogP contribution in [0.5, 0.6) is 0 Å². The molecule has 0 bridgehead atoms. The van der Waals surface area contributed by atoms with E-state index in [0.717, 1.165) is 0 Å². The highest BCUT2D eigenvalue weighted by Gasteiger charge is 2.18. The Bertz CT molecular complexity index is 1670. The van der Waals surface area contributed by atoms with Gasteiger partial charge in [-0.3, -0.25) is 9.89 Å². The van der Waals surface area contributed by atoms with Crippen molar-refractivity contribution in [1.29, 1.82) is 0 Å². The van der Waals surface area contributed by atoms with Crippen LogP contribution in [-0.4, -0.2) is 54.3 Å². The number of esters is 2. The first-order valence-corrected chi connectivity index (χ1v) is 11.6. The van der Waals surface area contributed by atoms with Crippen LogP contribution >= 0.6 is 0 Å². The number of fused-ring (bicyclic) bond motifs is 2. The van der Waals surface area contributed by atoms with Gasteiger partial charge in [-0.2, -0.15) is 9.61 Å². The van der Waals surface area contributed by atoms with Gasteiger partial charge in [-0.05, 0) is 44.5 Å². The maximum Gasteiger partial charge on any atom is 0.345 e. The van der Waals surface area contributed by atoms with E-state index in [1.807, 2.05) is 0 Å². The highest BCUT2D eigenvalue weighted by Crippen LogP contribution is 2.25. The van der Waals surface area contributed by atoms with Crippen LogP contribution in [0.1, 0.15) is 40.1 Å². The van der Waals surface area contributed by atoms with Crippen LogP contribution < -0.4 is 10.9 Å². The number of H-pyrrole nitrogens is 1. The Hall–Kier alpha value is -5.07. The van der Waals surface area contributed by atoms with Crippen molar-refractivity contribution >= 4 is 34.7 Å². The van der Waals surface area contributed by atoms with E-state index in [-0.39, 0.29) is 30.2 Å². The van der Waals surface area contributed by atoms with E-state index in [4.69, 9.17) is 9.47 Å². The van der Waals surface area contributed by atoms with E-state index < -0.39 is 17.5 Å². The van der Waals surface area contributed by atoms with Gasteiger partial charge in [-0.1, -0.05) is 0 Å². The topological polar surface area (TPSA) is 145 Å². The molecular formula is C25H24FN7O5. The van der Waals surface area contributed by atoms with E-state index in [9.17, 15) is 18.8 Å². The van der Waals surface area contributed by atoms with Gasteiger partial charge in [0, 0.05) is 36.4 Å². The molecule has 1 aromatic carbocycles. The van der Waals surface area contributed by atoms with Crippen molar-refractivity contribution in [2.45, 2.75) is 20.8 Å². The second kappa shape index (κ2) is 11.3. The summed E-state index contributed by atoms with van der Waals surface area (Å²) >= 11 is 0. The molecule has 4 heterocycles. The first-order chi connectivity index (χ1) is 18.3. The summed E-state index contributed by atoms with van der Waals surface area (Å²) in [7, 11) is 0. The standard InChI is InChI=1S/C16H15FN4O2.C9H9N3O3/c1-3-23-16(22)12-9-18-14-6-7-19-21(14)15(12)20-13-5-4-11(17)8-10(13)2;1-2-15-9(14)6-5-10-7-3-4-11-12(7)8(6)13/h4-9,20H,3H2,1-2H3;3-5,11H,2H2,1H3. The number of aromatic nitrogens is 6. The summed E-state index contributed by atoms with van der Waals surface area (Å²) in [5, 5.41) is 9.96. The lowest BCUT2D eigenvalue weighted by Gasteiger charge is -2.14. The largest absolute Gasteiger partial charge is 0.462 e. The molecule has 13 heteroatoms. The molecule has 0 aliphatic rings. The number of carbonyl (C=O) groups excluding carboxylic acids is 2. The summed E-state index contributed by atoms with van der Waals surface area (Å²) in [6.07, 6.45) is 5.82. The van der Waals surface area contributed by atoms with Crippen LogP contribution in [0.4, 0.5) is 15.9 Å². The number of aromatic amines is 1. The Balaban J connectivity index is 0.000000194. The molecule has 5 rings (SSSR count). The predicted octanol–water partition coefficient (Wildman–Crippen LogP) is 3.30. The zero-order valence-corrected chi connectivity index (χ0v) is 20.8. The van der Waals surface area contributed by atoms with Gasteiger partial charge in [0.25, 0.3) is 5.56 Å². The average Bonchev–Trinajstić information content (AvgIpc) is 3.57. The van der Waals surface area contributed by atoms with Gasteiger partial charge in [-0.25, -0.2) is 28.5 Å². The SMILES string of the molecule is CCOC(=O)c1cnc2cc[nH]n2c1=O.CCOC(=O)c1cnc2ccnn2c1Nc1ccc(F)cc1C. The van der Waals surface area contributed by atoms with Crippen LogP contribution in [0.2, 0.25) is 0 Å². The Kier molecular flexibility index (Phi) is 7.75. The number of hydrogen-bond acceptors (Lipinski definition) is 9. The number of ether oxygens (including phenoxy) is 2. The zero-order valence-electron chi connectivity index (χ0n) is 20.8. The fourth-order valence-corrected chi connectivity index (χ4v) is 3.49. The molecule has 0 spiro atoms. The minimum absolute atomic E-state index is 0.0724. The van der Waals surface area contributed by atoms with Crippen molar-refractivity contribution < 1.29 is 23.5 Å². The molecule has 0 unspecified atom stereocenters. The fraction of sp³-hybridized carbons (Fsp3) is 0.200. The number of halogens is 1. The van der Waals surface area contributed by atoms with E-state index in [0.29, 0.717) is 28.4 Å². The van der Waals surface area contributed by atoms with Crippen LogP contribution in [0.3, 0.4) is 0 Å². The molecule has 38 heavy (non-hydrogen) atoms. The molecule has 0 atom stereocenters. The third kappa shape index (κ3) is 5.36. The fourth-order valence-electron chi connectivity index (χ4n) is 3.49. The number of benzene rings is 1. The number of aryl methyl sites for hydroxylation is 1. The molecule has 5 aromatic rings. The van der Waals surface area contributed by atoms with Gasteiger partial charge in [-0.15, -0.1) is 0 Å². The predicted molar refractivity (Wildman–Crippen MR) is 135 cm³/mol. The minimum atomic E-state index is -0.654. The summed E-state index contributed by atoms with van der Waals surface area (Å²) in [5.74, 6) is -1.05. The molecule has 0 amide bonds. The second-order valence-electron chi connectivity index (χ2n) is 7.78. The molecule has 12 nitrogen and oxygen atoms in total.